The summed E-state index contributed by atoms with van der Waals surface area (Å²) in [6, 6.07) is -0.850. The van der Waals surface area contributed by atoms with Gasteiger partial charge in [0.05, 0.1) is 12.0 Å². The normalized spacial score (nSPS) is 12.3. The van der Waals surface area contributed by atoms with E-state index in [-0.39, 0.29) is 5.91 Å². The number of rotatable bonds is 2. The maximum atomic E-state index is 10.5. The first-order valence-electron chi connectivity index (χ1n) is 2.91. The minimum absolute atomic E-state index is 0.281. The Kier molecular flexibility index (Phi) is 2.86. The van der Waals surface area contributed by atoms with Crippen molar-refractivity contribution in [1.82, 2.24) is 4.90 Å². The molecule has 0 bridgehead atoms. The lowest BCUT2D eigenvalue weighted by Crippen LogP contribution is -2.46. The van der Waals surface area contributed by atoms with Crippen LogP contribution in [0.4, 0.5) is 0 Å². The zero-order valence-electron chi connectivity index (χ0n) is 6.25. The molecule has 0 radical (unpaired) electrons. The van der Waals surface area contributed by atoms with Crippen LogP contribution >= 0.6 is 0 Å². The van der Waals surface area contributed by atoms with E-state index in [1.165, 1.54) is 20.9 Å². The van der Waals surface area contributed by atoms with Gasteiger partial charge >= 0.3 is 0 Å². The van der Waals surface area contributed by atoms with Crippen molar-refractivity contribution in [2.75, 3.05) is 7.05 Å². The summed E-state index contributed by atoms with van der Waals surface area (Å²) in [4.78, 5) is 21.8. The van der Waals surface area contributed by atoms with Gasteiger partial charge in [-0.25, -0.2) is 0 Å². The van der Waals surface area contributed by atoms with Crippen molar-refractivity contribution in [3.63, 3.8) is 0 Å². The molecule has 0 saturated carbocycles. The van der Waals surface area contributed by atoms with E-state index in [1.807, 2.05) is 0 Å². The Hall–Kier alpha value is -1.06. The number of hydrogen-bond acceptors (Lipinski definition) is 3. The monoisotopic (exact) mass is 144 g/mol. The number of nitrogens with zero attached hydrogens (tertiary/aromatic N) is 1. The van der Waals surface area contributed by atoms with Gasteiger partial charge in [0, 0.05) is 14.0 Å². The van der Waals surface area contributed by atoms with Crippen molar-refractivity contribution in [2.24, 2.45) is 0 Å². The number of carboxylic acid groups (broad SMARTS) is 1. The average molecular weight is 144 g/mol. The van der Waals surface area contributed by atoms with Crippen LogP contribution in [0.5, 0.6) is 0 Å². The quantitative estimate of drug-likeness (QED) is 0.479. The summed E-state index contributed by atoms with van der Waals surface area (Å²) in [7, 11) is 1.42. The molecule has 10 heavy (non-hydrogen) atoms. The molecule has 4 heteroatoms. The molecule has 1 unspecified atom stereocenters. The van der Waals surface area contributed by atoms with Gasteiger partial charge in [0.25, 0.3) is 0 Å². The zero-order valence-corrected chi connectivity index (χ0v) is 6.25. The van der Waals surface area contributed by atoms with Gasteiger partial charge in [0.2, 0.25) is 5.91 Å². The third-order valence-corrected chi connectivity index (χ3v) is 1.42. The Morgan fingerprint density at radius 3 is 2.00 bits per heavy atom. The fraction of sp³-hybridized carbons (Fsp3) is 0.667. The molecule has 0 N–H and O–H groups in total. The van der Waals surface area contributed by atoms with Gasteiger partial charge in [-0.2, -0.15) is 0 Å². The third kappa shape index (κ3) is 2.05. The first-order valence-corrected chi connectivity index (χ1v) is 2.91. The van der Waals surface area contributed by atoms with Crippen molar-refractivity contribution >= 4 is 11.9 Å². The summed E-state index contributed by atoms with van der Waals surface area (Å²) < 4.78 is 0. The van der Waals surface area contributed by atoms with E-state index in [4.69, 9.17) is 0 Å². The van der Waals surface area contributed by atoms with Crippen LogP contribution in [-0.4, -0.2) is 29.9 Å². The van der Waals surface area contributed by atoms with Crippen molar-refractivity contribution < 1.29 is 14.7 Å². The van der Waals surface area contributed by atoms with Crippen LogP contribution < -0.4 is 5.11 Å². The van der Waals surface area contributed by atoms with Crippen LogP contribution in [0.15, 0.2) is 0 Å². The van der Waals surface area contributed by atoms with Gasteiger partial charge in [-0.3, -0.25) is 4.79 Å². The second-order valence-electron chi connectivity index (χ2n) is 2.12. The lowest BCUT2D eigenvalue weighted by molar-refractivity contribution is -0.310. The van der Waals surface area contributed by atoms with Crippen molar-refractivity contribution in [1.29, 1.82) is 0 Å². The van der Waals surface area contributed by atoms with E-state index in [9.17, 15) is 14.7 Å². The molecule has 0 aromatic rings. The summed E-state index contributed by atoms with van der Waals surface area (Å²) in [6.45, 7) is 2.70. The summed E-state index contributed by atoms with van der Waals surface area (Å²) in [6.07, 6.45) is 0. The summed E-state index contributed by atoms with van der Waals surface area (Å²) >= 11 is 0. The maximum absolute atomic E-state index is 10.5. The van der Waals surface area contributed by atoms with Gasteiger partial charge in [-0.15, -0.1) is 0 Å². The van der Waals surface area contributed by atoms with Crippen molar-refractivity contribution in [2.45, 2.75) is 19.9 Å². The van der Waals surface area contributed by atoms with Crippen molar-refractivity contribution in [3.05, 3.63) is 0 Å². The zero-order chi connectivity index (χ0) is 8.31. The minimum atomic E-state index is -1.24. The molecule has 0 aromatic heterocycles. The van der Waals surface area contributed by atoms with E-state index < -0.39 is 12.0 Å². The van der Waals surface area contributed by atoms with Crippen LogP contribution in [0, 0.1) is 0 Å². The fourth-order valence-corrected chi connectivity index (χ4v) is 0.431. The molecule has 0 aromatic carbocycles. The Bertz CT molecular complexity index is 137. The van der Waals surface area contributed by atoms with E-state index in [1.54, 1.807) is 0 Å². The van der Waals surface area contributed by atoms with E-state index in [0.717, 1.165) is 4.90 Å². The van der Waals surface area contributed by atoms with Gasteiger partial charge in [0.1, 0.15) is 0 Å². The molecule has 0 aliphatic carbocycles. The number of aliphatic carboxylic acids is 1. The highest BCUT2D eigenvalue weighted by Crippen LogP contribution is 1.92. The van der Waals surface area contributed by atoms with Gasteiger partial charge in [-0.1, -0.05) is 0 Å². The van der Waals surface area contributed by atoms with Gasteiger partial charge in [0.15, 0.2) is 0 Å². The first-order chi connectivity index (χ1) is 4.46. The van der Waals surface area contributed by atoms with E-state index in [0.29, 0.717) is 0 Å². The van der Waals surface area contributed by atoms with E-state index in [2.05, 4.69) is 0 Å². The molecule has 0 fully saturated rings. The summed E-state index contributed by atoms with van der Waals surface area (Å²) in [5.41, 5.74) is 0. The van der Waals surface area contributed by atoms with E-state index >= 15 is 0 Å². The second-order valence-corrected chi connectivity index (χ2v) is 2.12. The number of hydrogen-bond donors (Lipinski definition) is 0. The molecule has 0 aliphatic heterocycles. The Morgan fingerprint density at radius 1 is 1.50 bits per heavy atom. The molecule has 0 spiro atoms. The van der Waals surface area contributed by atoms with Crippen LogP contribution in [0.25, 0.3) is 0 Å². The number of carbonyl (C=O) groups excluding carboxylic acids is 2. The molecule has 0 rings (SSSR count). The van der Waals surface area contributed by atoms with Crippen LogP contribution in [0.3, 0.4) is 0 Å². The molecule has 4 nitrogen and oxygen atoms in total. The fourth-order valence-electron chi connectivity index (χ4n) is 0.431. The van der Waals surface area contributed by atoms with Crippen LogP contribution in [0.1, 0.15) is 13.8 Å². The molecule has 1 amide bonds. The lowest BCUT2D eigenvalue weighted by atomic mass is 10.3. The second kappa shape index (κ2) is 3.20. The number of carboxylic acids is 1. The molecule has 0 heterocycles. The topological polar surface area (TPSA) is 60.4 Å². The molecule has 0 saturated heterocycles. The highest BCUT2D eigenvalue weighted by molar-refractivity contribution is 5.80. The smallest absolute Gasteiger partial charge is 0.219 e. The molecule has 0 aliphatic rings. The van der Waals surface area contributed by atoms with Crippen LogP contribution in [0.2, 0.25) is 0 Å². The largest absolute Gasteiger partial charge is 0.548 e. The SMILES string of the molecule is CC(=O)N(C)C(C)C(=O)[O-]. The van der Waals surface area contributed by atoms with Crippen LogP contribution in [-0.2, 0) is 9.59 Å². The third-order valence-electron chi connectivity index (χ3n) is 1.42. The molecular weight excluding hydrogens is 134 g/mol. The highest BCUT2D eigenvalue weighted by atomic mass is 16.4. The lowest BCUT2D eigenvalue weighted by Gasteiger charge is -2.23. The Balaban J connectivity index is 4.07. The predicted molar refractivity (Wildman–Crippen MR) is 32.9 cm³/mol. The number of likely N-dealkylation sites (N-methyl/N-ethyl adjacent to an activating group) is 1. The predicted octanol–water partition coefficient (Wildman–Crippen LogP) is -1.40. The van der Waals surface area contributed by atoms with Gasteiger partial charge in [-0.05, 0) is 6.92 Å². The summed E-state index contributed by atoms with van der Waals surface area (Å²) in [5.74, 6) is -1.52. The standard InChI is InChI=1S/C6H11NO3/c1-4(6(9)10)7(3)5(2)8/h4H,1-3H3,(H,9,10)/p-1. The number of amides is 1. The Morgan fingerprint density at radius 2 is 1.90 bits per heavy atom. The van der Waals surface area contributed by atoms with Crippen molar-refractivity contribution in [3.8, 4) is 0 Å². The molecule has 1 atom stereocenters. The van der Waals surface area contributed by atoms with Gasteiger partial charge < -0.3 is 14.8 Å². The maximum Gasteiger partial charge on any atom is 0.219 e. The minimum Gasteiger partial charge on any atom is -0.548 e. The first kappa shape index (κ1) is 8.94. The average Bonchev–Trinajstić information content (AvgIpc) is 1.84. The Labute approximate surface area is 59.4 Å². The molecule has 58 valence electrons. The molecular formula is C6H10NO3-. The summed E-state index contributed by atoms with van der Waals surface area (Å²) in [5, 5.41) is 10.1. The number of carbonyl (C=O) groups is 2. The highest BCUT2D eigenvalue weighted by Gasteiger charge is 2.11.